The fourth-order valence-corrected chi connectivity index (χ4v) is 2.29. The molecule has 0 atom stereocenters. The Morgan fingerprint density at radius 3 is 2.70 bits per heavy atom. The van der Waals surface area contributed by atoms with Crippen LogP contribution in [0.4, 0.5) is 5.82 Å². The van der Waals surface area contributed by atoms with Gasteiger partial charge in [-0.1, -0.05) is 17.3 Å². The van der Waals surface area contributed by atoms with E-state index in [9.17, 15) is 0 Å². The normalized spacial score (nSPS) is 11.0. The topological polar surface area (TPSA) is 78.9 Å². The number of pyridine rings is 1. The van der Waals surface area contributed by atoms with Crippen LogP contribution in [0.1, 0.15) is 19.9 Å². The molecule has 0 radical (unpaired) electrons. The lowest BCUT2D eigenvalue weighted by Crippen LogP contribution is -2.00. The highest BCUT2D eigenvalue weighted by Crippen LogP contribution is 2.30. The van der Waals surface area contributed by atoms with E-state index in [-0.39, 0.29) is 6.04 Å². The lowest BCUT2D eigenvalue weighted by atomic mass is 10.0. The van der Waals surface area contributed by atoms with Gasteiger partial charge in [-0.15, -0.1) is 5.10 Å². The summed E-state index contributed by atoms with van der Waals surface area (Å²) in [5, 5.41) is 8.33. The van der Waals surface area contributed by atoms with Gasteiger partial charge in [-0.05, 0) is 37.6 Å². The van der Waals surface area contributed by atoms with E-state index in [0.717, 1.165) is 22.4 Å². The molecular weight excluding hydrogens is 290 g/mol. The van der Waals surface area contributed by atoms with Crippen molar-refractivity contribution in [3.05, 3.63) is 42.7 Å². The highest BCUT2D eigenvalue weighted by atomic mass is 16.5. The van der Waals surface area contributed by atoms with E-state index in [1.807, 2.05) is 50.4 Å². The van der Waals surface area contributed by atoms with Crippen LogP contribution in [-0.4, -0.2) is 27.1 Å². The smallest absolute Gasteiger partial charge is 0.132 e. The van der Waals surface area contributed by atoms with Crippen LogP contribution in [0.2, 0.25) is 0 Å². The van der Waals surface area contributed by atoms with Gasteiger partial charge >= 0.3 is 0 Å². The van der Waals surface area contributed by atoms with Crippen LogP contribution in [0.15, 0.2) is 42.7 Å². The van der Waals surface area contributed by atoms with Crippen LogP contribution in [0.5, 0.6) is 5.75 Å². The fourth-order valence-electron chi connectivity index (χ4n) is 2.29. The third-order valence-electron chi connectivity index (χ3n) is 3.64. The van der Waals surface area contributed by atoms with Crippen molar-refractivity contribution in [3.8, 4) is 28.1 Å². The Morgan fingerprint density at radius 2 is 2.00 bits per heavy atom. The Labute approximate surface area is 134 Å². The number of benzene rings is 1. The van der Waals surface area contributed by atoms with Crippen LogP contribution in [0.25, 0.3) is 22.4 Å². The zero-order valence-electron chi connectivity index (χ0n) is 13.4. The number of hydrogen-bond acceptors (Lipinski definition) is 5. The molecule has 3 aromatic rings. The summed E-state index contributed by atoms with van der Waals surface area (Å²) in [5.74, 6) is 1.24. The third kappa shape index (κ3) is 3.01. The van der Waals surface area contributed by atoms with Crippen molar-refractivity contribution in [1.82, 2.24) is 20.0 Å². The number of nitrogens with two attached hydrogens (primary N) is 1. The molecule has 0 aliphatic carbocycles. The molecule has 0 aliphatic rings. The Hall–Kier alpha value is -2.89. The molecule has 6 nitrogen and oxygen atoms in total. The summed E-state index contributed by atoms with van der Waals surface area (Å²) in [6.45, 7) is 4.10. The predicted molar refractivity (Wildman–Crippen MR) is 90.0 cm³/mol. The van der Waals surface area contributed by atoms with Gasteiger partial charge in [-0.2, -0.15) is 0 Å². The molecule has 2 aromatic heterocycles. The molecule has 0 bridgehead atoms. The maximum Gasteiger partial charge on any atom is 0.132 e. The van der Waals surface area contributed by atoms with Crippen LogP contribution in [0.3, 0.4) is 0 Å². The van der Waals surface area contributed by atoms with Crippen LogP contribution >= 0.6 is 0 Å². The molecule has 0 saturated heterocycles. The molecule has 2 N–H and O–H groups in total. The summed E-state index contributed by atoms with van der Waals surface area (Å²) in [6, 6.07) is 10.0. The molecule has 0 amide bonds. The van der Waals surface area contributed by atoms with Crippen LogP contribution in [-0.2, 0) is 0 Å². The third-order valence-corrected chi connectivity index (χ3v) is 3.64. The fraction of sp³-hybridized carbons (Fsp3) is 0.235. The van der Waals surface area contributed by atoms with Gasteiger partial charge in [-0.25, -0.2) is 9.67 Å². The van der Waals surface area contributed by atoms with Crippen molar-refractivity contribution < 1.29 is 4.74 Å². The van der Waals surface area contributed by atoms with Gasteiger partial charge < -0.3 is 10.5 Å². The van der Waals surface area contributed by atoms with Gasteiger partial charge in [0.2, 0.25) is 0 Å². The van der Waals surface area contributed by atoms with E-state index in [2.05, 4.69) is 15.3 Å². The van der Waals surface area contributed by atoms with Crippen LogP contribution in [0, 0.1) is 0 Å². The molecule has 0 fully saturated rings. The lowest BCUT2D eigenvalue weighted by Gasteiger charge is -2.07. The number of nitrogens with zero attached hydrogens (tertiary/aromatic N) is 4. The molecule has 6 heteroatoms. The van der Waals surface area contributed by atoms with E-state index in [1.165, 1.54) is 0 Å². The summed E-state index contributed by atoms with van der Waals surface area (Å²) in [4.78, 5) is 4.30. The van der Waals surface area contributed by atoms with Gasteiger partial charge in [0.15, 0.2) is 0 Å². The quantitative estimate of drug-likeness (QED) is 0.800. The van der Waals surface area contributed by atoms with Crippen molar-refractivity contribution in [2.24, 2.45) is 0 Å². The van der Waals surface area contributed by atoms with Gasteiger partial charge in [-0.3, -0.25) is 0 Å². The second-order valence-corrected chi connectivity index (χ2v) is 5.57. The summed E-state index contributed by atoms with van der Waals surface area (Å²) >= 11 is 0. The highest BCUT2D eigenvalue weighted by molar-refractivity contribution is 5.77. The maximum atomic E-state index is 6.03. The molecule has 23 heavy (non-hydrogen) atoms. The number of nitrogen functional groups attached to an aromatic ring is 1. The Bertz CT molecular complexity index is 825. The first-order valence-electron chi connectivity index (χ1n) is 7.40. The van der Waals surface area contributed by atoms with Gasteiger partial charge in [0.05, 0.1) is 13.3 Å². The first-order valence-corrected chi connectivity index (χ1v) is 7.40. The molecule has 0 aliphatic heterocycles. The average molecular weight is 309 g/mol. The monoisotopic (exact) mass is 309 g/mol. The van der Waals surface area contributed by atoms with Crippen LogP contribution < -0.4 is 10.5 Å². The van der Waals surface area contributed by atoms with Gasteiger partial charge in [0, 0.05) is 23.4 Å². The molecular formula is C17H19N5O. The zero-order chi connectivity index (χ0) is 16.4. The Balaban J connectivity index is 2.04. The van der Waals surface area contributed by atoms with Crippen molar-refractivity contribution in [3.63, 3.8) is 0 Å². The summed E-state index contributed by atoms with van der Waals surface area (Å²) < 4.78 is 7.07. The minimum atomic E-state index is 0.243. The minimum Gasteiger partial charge on any atom is -0.497 e. The zero-order valence-corrected chi connectivity index (χ0v) is 13.4. The largest absolute Gasteiger partial charge is 0.497 e. The molecule has 1 aromatic carbocycles. The number of hydrogen-bond donors (Lipinski definition) is 1. The van der Waals surface area contributed by atoms with E-state index in [0.29, 0.717) is 11.5 Å². The lowest BCUT2D eigenvalue weighted by molar-refractivity contribution is 0.415. The first-order chi connectivity index (χ1) is 11.1. The number of aromatic nitrogens is 4. The Morgan fingerprint density at radius 1 is 1.17 bits per heavy atom. The molecule has 3 rings (SSSR count). The van der Waals surface area contributed by atoms with E-state index < -0.39 is 0 Å². The van der Waals surface area contributed by atoms with Gasteiger partial charge in [0.25, 0.3) is 0 Å². The van der Waals surface area contributed by atoms with Crippen molar-refractivity contribution in [1.29, 1.82) is 0 Å². The van der Waals surface area contributed by atoms with Crippen molar-refractivity contribution in [2.45, 2.75) is 19.9 Å². The molecule has 0 spiro atoms. The molecule has 0 saturated carbocycles. The average Bonchev–Trinajstić information content (AvgIpc) is 3.05. The second-order valence-electron chi connectivity index (χ2n) is 5.57. The van der Waals surface area contributed by atoms with Gasteiger partial charge in [0.1, 0.15) is 17.3 Å². The molecule has 0 unspecified atom stereocenters. The first kappa shape index (κ1) is 15.0. The minimum absolute atomic E-state index is 0.243. The number of anilines is 1. The summed E-state index contributed by atoms with van der Waals surface area (Å²) in [5.41, 5.74) is 9.48. The highest BCUT2D eigenvalue weighted by Gasteiger charge is 2.12. The molecule has 2 heterocycles. The second kappa shape index (κ2) is 6.08. The van der Waals surface area contributed by atoms with Crippen molar-refractivity contribution in [2.75, 3.05) is 12.8 Å². The number of methoxy groups -OCH3 is 1. The predicted octanol–water partition coefficient (Wildman–Crippen LogP) is 3.18. The van der Waals surface area contributed by atoms with E-state index >= 15 is 0 Å². The summed E-state index contributed by atoms with van der Waals surface area (Å²) in [7, 11) is 1.65. The SMILES string of the molecule is COc1cccc(-c2cnc(N)c(-c3cn(C(C)C)nn3)c2)c1. The standard InChI is InChI=1S/C17H19N5O/c1-11(2)22-10-16(20-21-22)15-8-13(9-19-17(15)18)12-5-4-6-14(7-12)23-3/h4-11H,1-3H3,(H2,18,19). The summed E-state index contributed by atoms with van der Waals surface area (Å²) in [6.07, 6.45) is 3.63. The number of rotatable bonds is 4. The van der Waals surface area contributed by atoms with E-state index in [1.54, 1.807) is 18.0 Å². The van der Waals surface area contributed by atoms with Crippen molar-refractivity contribution >= 4 is 5.82 Å². The van der Waals surface area contributed by atoms with E-state index in [4.69, 9.17) is 10.5 Å². The number of ether oxygens (including phenoxy) is 1. The maximum absolute atomic E-state index is 6.03. The Kier molecular flexibility index (Phi) is 3.97. The molecule has 118 valence electrons.